The van der Waals surface area contributed by atoms with Gasteiger partial charge >= 0.3 is 0 Å². The second kappa shape index (κ2) is 6.95. The van der Waals surface area contributed by atoms with Gasteiger partial charge in [-0.3, -0.25) is 4.79 Å². The molecule has 0 aromatic heterocycles. The van der Waals surface area contributed by atoms with Crippen LogP contribution in [0.2, 0.25) is 5.02 Å². The average Bonchev–Trinajstić information content (AvgIpc) is 2.47. The van der Waals surface area contributed by atoms with Gasteiger partial charge in [0.15, 0.2) is 0 Å². The number of likely N-dealkylation sites (tertiary alicyclic amines) is 1. The van der Waals surface area contributed by atoms with Gasteiger partial charge in [0.05, 0.1) is 13.5 Å². The van der Waals surface area contributed by atoms with E-state index in [1.165, 1.54) is 0 Å². The van der Waals surface area contributed by atoms with Crippen molar-refractivity contribution in [3.63, 3.8) is 0 Å². The highest BCUT2D eigenvalue weighted by molar-refractivity contribution is 6.30. The van der Waals surface area contributed by atoms with Crippen molar-refractivity contribution in [2.45, 2.75) is 19.3 Å². The van der Waals surface area contributed by atoms with E-state index in [4.69, 9.17) is 21.4 Å². The first-order valence-electron chi connectivity index (χ1n) is 6.85. The van der Waals surface area contributed by atoms with Gasteiger partial charge in [-0.15, -0.1) is 0 Å². The van der Waals surface area contributed by atoms with Crippen molar-refractivity contribution in [3.8, 4) is 5.75 Å². The number of rotatable bonds is 4. The number of nitrogens with zero attached hydrogens (tertiary/aromatic N) is 1. The lowest BCUT2D eigenvalue weighted by Crippen LogP contribution is -2.40. The first kappa shape index (κ1) is 15.1. The molecular formula is C15H20ClNO3. The Morgan fingerprint density at radius 1 is 1.45 bits per heavy atom. The van der Waals surface area contributed by atoms with E-state index in [0.29, 0.717) is 36.2 Å². The molecular weight excluding hydrogens is 278 g/mol. The van der Waals surface area contributed by atoms with Gasteiger partial charge in [-0.25, -0.2) is 0 Å². The largest absolute Gasteiger partial charge is 0.496 e. The van der Waals surface area contributed by atoms with Gasteiger partial charge in [0.25, 0.3) is 0 Å². The second-order valence-electron chi connectivity index (χ2n) is 5.14. The highest BCUT2D eigenvalue weighted by atomic mass is 35.5. The van der Waals surface area contributed by atoms with E-state index in [1.54, 1.807) is 25.3 Å². The van der Waals surface area contributed by atoms with Crippen LogP contribution in [0.15, 0.2) is 18.2 Å². The number of methoxy groups -OCH3 is 1. The van der Waals surface area contributed by atoms with Crippen molar-refractivity contribution < 1.29 is 14.6 Å². The van der Waals surface area contributed by atoms with Crippen molar-refractivity contribution in [1.82, 2.24) is 4.90 Å². The van der Waals surface area contributed by atoms with E-state index in [9.17, 15) is 4.79 Å². The zero-order valence-corrected chi connectivity index (χ0v) is 12.4. The number of ether oxygens (including phenoxy) is 1. The van der Waals surface area contributed by atoms with Crippen LogP contribution < -0.4 is 4.74 Å². The predicted molar refractivity (Wildman–Crippen MR) is 78.1 cm³/mol. The molecule has 1 saturated heterocycles. The summed E-state index contributed by atoms with van der Waals surface area (Å²) in [6.07, 6.45) is 2.04. The fraction of sp³-hybridized carbons (Fsp3) is 0.533. The molecule has 1 amide bonds. The molecule has 0 bridgehead atoms. The first-order valence-corrected chi connectivity index (χ1v) is 7.23. The fourth-order valence-electron chi connectivity index (χ4n) is 2.52. The van der Waals surface area contributed by atoms with Gasteiger partial charge in [-0.1, -0.05) is 11.6 Å². The number of carbonyl (C=O) groups excluding carboxylic acids is 1. The molecule has 0 unspecified atom stereocenters. The Labute approximate surface area is 124 Å². The van der Waals surface area contributed by atoms with Crippen molar-refractivity contribution in [2.24, 2.45) is 5.92 Å². The molecule has 5 heteroatoms. The Bertz CT molecular complexity index is 470. The number of halogens is 1. The molecule has 4 nitrogen and oxygen atoms in total. The monoisotopic (exact) mass is 297 g/mol. The minimum absolute atomic E-state index is 0.0851. The van der Waals surface area contributed by atoms with Crippen molar-refractivity contribution in [2.75, 3.05) is 26.8 Å². The van der Waals surface area contributed by atoms with Gasteiger partial charge in [0.2, 0.25) is 5.91 Å². The molecule has 0 spiro atoms. The van der Waals surface area contributed by atoms with Gasteiger partial charge in [-0.2, -0.15) is 0 Å². The Morgan fingerprint density at radius 3 is 2.75 bits per heavy atom. The summed E-state index contributed by atoms with van der Waals surface area (Å²) in [4.78, 5) is 14.2. The third-order valence-electron chi connectivity index (χ3n) is 3.81. The van der Waals surface area contributed by atoms with E-state index < -0.39 is 0 Å². The molecule has 0 radical (unpaired) electrons. The summed E-state index contributed by atoms with van der Waals surface area (Å²) >= 11 is 5.97. The molecule has 110 valence electrons. The van der Waals surface area contributed by atoms with Crippen LogP contribution in [0.5, 0.6) is 5.75 Å². The number of hydrogen-bond donors (Lipinski definition) is 1. The van der Waals surface area contributed by atoms with E-state index >= 15 is 0 Å². The van der Waals surface area contributed by atoms with E-state index in [1.807, 2.05) is 4.90 Å². The minimum atomic E-state index is 0.0851. The number of aliphatic hydroxyl groups is 1. The highest BCUT2D eigenvalue weighted by Crippen LogP contribution is 2.24. The maximum atomic E-state index is 12.3. The van der Waals surface area contributed by atoms with Crippen molar-refractivity contribution in [1.29, 1.82) is 0 Å². The van der Waals surface area contributed by atoms with Gasteiger partial charge in [0.1, 0.15) is 5.75 Å². The standard InChI is InChI=1S/C15H20ClNO3/c1-20-14-3-2-13(16)8-12(14)9-15(19)17-6-4-11(10-18)5-7-17/h2-3,8,11,18H,4-7,9-10H2,1H3. The zero-order valence-electron chi connectivity index (χ0n) is 11.6. The molecule has 1 aliphatic rings. The predicted octanol–water partition coefficient (Wildman–Crippen LogP) is 2.12. The summed E-state index contributed by atoms with van der Waals surface area (Å²) in [5, 5.41) is 9.72. The first-order chi connectivity index (χ1) is 9.63. The summed E-state index contributed by atoms with van der Waals surface area (Å²) < 4.78 is 5.26. The van der Waals surface area contributed by atoms with Gasteiger partial charge < -0.3 is 14.7 Å². The van der Waals surface area contributed by atoms with Crippen molar-refractivity contribution >= 4 is 17.5 Å². The highest BCUT2D eigenvalue weighted by Gasteiger charge is 2.23. The molecule has 1 fully saturated rings. The van der Waals surface area contributed by atoms with E-state index in [0.717, 1.165) is 18.4 Å². The third kappa shape index (κ3) is 3.64. The zero-order chi connectivity index (χ0) is 14.5. The minimum Gasteiger partial charge on any atom is -0.496 e. The Hall–Kier alpha value is -1.26. The number of benzene rings is 1. The van der Waals surface area contributed by atoms with Crippen LogP contribution in [-0.2, 0) is 11.2 Å². The Kier molecular flexibility index (Phi) is 5.26. The third-order valence-corrected chi connectivity index (χ3v) is 4.04. The molecule has 0 saturated carbocycles. The summed E-state index contributed by atoms with van der Waals surface area (Å²) in [6, 6.07) is 5.31. The molecule has 1 heterocycles. The molecule has 2 rings (SSSR count). The Balaban J connectivity index is 1.99. The SMILES string of the molecule is COc1ccc(Cl)cc1CC(=O)N1CCC(CO)CC1. The molecule has 0 aliphatic carbocycles. The maximum absolute atomic E-state index is 12.3. The maximum Gasteiger partial charge on any atom is 0.227 e. The number of hydrogen-bond acceptors (Lipinski definition) is 3. The molecule has 0 atom stereocenters. The van der Waals surface area contributed by atoms with Crippen molar-refractivity contribution in [3.05, 3.63) is 28.8 Å². The van der Waals surface area contributed by atoms with Crippen LogP contribution in [0.25, 0.3) is 0 Å². The van der Waals surface area contributed by atoms with Gasteiger partial charge in [0, 0.05) is 30.3 Å². The number of amides is 1. The lowest BCUT2D eigenvalue weighted by Gasteiger charge is -2.31. The topological polar surface area (TPSA) is 49.8 Å². The smallest absolute Gasteiger partial charge is 0.227 e. The fourth-order valence-corrected chi connectivity index (χ4v) is 2.72. The lowest BCUT2D eigenvalue weighted by atomic mass is 9.97. The molecule has 1 aliphatic heterocycles. The summed E-state index contributed by atoms with van der Waals surface area (Å²) in [6.45, 7) is 1.64. The van der Waals surface area contributed by atoms with Crippen LogP contribution in [0.1, 0.15) is 18.4 Å². The molecule has 20 heavy (non-hydrogen) atoms. The normalized spacial score (nSPS) is 16.2. The molecule has 1 aromatic carbocycles. The quantitative estimate of drug-likeness (QED) is 0.926. The summed E-state index contributed by atoms with van der Waals surface area (Å²) in [5.41, 5.74) is 0.814. The van der Waals surface area contributed by atoms with Crippen LogP contribution in [0.4, 0.5) is 0 Å². The number of piperidine rings is 1. The van der Waals surface area contributed by atoms with Gasteiger partial charge in [-0.05, 0) is 37.0 Å². The number of aliphatic hydroxyl groups excluding tert-OH is 1. The lowest BCUT2D eigenvalue weighted by molar-refractivity contribution is -0.132. The summed E-state index contributed by atoms with van der Waals surface area (Å²) in [7, 11) is 1.59. The Morgan fingerprint density at radius 2 is 2.15 bits per heavy atom. The molecule has 1 aromatic rings. The van der Waals surface area contributed by atoms with Crippen LogP contribution in [0.3, 0.4) is 0 Å². The van der Waals surface area contributed by atoms with Crippen LogP contribution in [0, 0.1) is 5.92 Å². The van der Waals surface area contributed by atoms with Crippen LogP contribution in [-0.4, -0.2) is 42.7 Å². The summed E-state index contributed by atoms with van der Waals surface area (Å²) in [5.74, 6) is 1.11. The number of carbonyl (C=O) groups is 1. The van der Waals surface area contributed by atoms with E-state index in [-0.39, 0.29) is 12.5 Å². The van der Waals surface area contributed by atoms with Crippen LogP contribution >= 0.6 is 11.6 Å². The molecule has 1 N–H and O–H groups in total. The average molecular weight is 298 g/mol. The van der Waals surface area contributed by atoms with E-state index in [2.05, 4.69) is 0 Å². The second-order valence-corrected chi connectivity index (χ2v) is 5.58.